The second kappa shape index (κ2) is 7.50. The van der Waals surface area contributed by atoms with Gasteiger partial charge in [-0.1, -0.05) is 66.2 Å². The average Bonchev–Trinajstić information content (AvgIpc) is 2.62. The molecule has 0 fully saturated rings. The lowest BCUT2D eigenvalue weighted by molar-refractivity contribution is 0.103. The molecular weight excluding hydrogens is 312 g/mol. The first-order valence-corrected chi connectivity index (χ1v) is 9.01. The Bertz CT molecular complexity index is 836. The smallest absolute Gasteiger partial charge is 0.193 e. The van der Waals surface area contributed by atoms with Crippen molar-refractivity contribution in [3.05, 3.63) is 101 Å². The fourth-order valence-corrected chi connectivity index (χ4v) is 3.66. The van der Waals surface area contributed by atoms with Gasteiger partial charge in [-0.2, -0.15) is 0 Å². The van der Waals surface area contributed by atoms with Crippen LogP contribution in [0.25, 0.3) is 0 Å². The first-order chi connectivity index (χ1) is 11.6. The number of hydrogen-bond donors (Lipinski definition) is 0. The molecule has 0 aliphatic carbocycles. The van der Waals surface area contributed by atoms with Crippen LogP contribution in [0.1, 0.15) is 32.6 Å². The van der Waals surface area contributed by atoms with Gasteiger partial charge in [-0.15, -0.1) is 11.8 Å². The van der Waals surface area contributed by atoms with Gasteiger partial charge in [0.05, 0.1) is 0 Å². The van der Waals surface area contributed by atoms with Gasteiger partial charge < -0.3 is 0 Å². The second-order valence-corrected chi connectivity index (χ2v) is 6.95. The first-order valence-electron chi connectivity index (χ1n) is 8.03. The predicted molar refractivity (Wildman–Crippen MR) is 102 cm³/mol. The molecule has 1 nitrogen and oxygen atoms in total. The van der Waals surface area contributed by atoms with E-state index in [1.165, 1.54) is 10.5 Å². The number of benzene rings is 3. The van der Waals surface area contributed by atoms with Crippen molar-refractivity contribution in [3.63, 3.8) is 0 Å². The molecule has 0 amide bonds. The minimum absolute atomic E-state index is 0.0961. The van der Waals surface area contributed by atoms with Gasteiger partial charge in [0.1, 0.15) is 0 Å². The maximum atomic E-state index is 12.9. The summed E-state index contributed by atoms with van der Waals surface area (Å²) in [5.74, 6) is 0.891. The SMILES string of the molecule is Cc1ccc(SCc2c(C)cccc2C(=O)c2ccccc2)cc1. The molecule has 0 N–H and O–H groups in total. The quantitative estimate of drug-likeness (QED) is 0.432. The molecule has 0 radical (unpaired) electrons. The highest BCUT2D eigenvalue weighted by molar-refractivity contribution is 7.98. The molecule has 0 spiro atoms. The minimum atomic E-state index is 0.0961. The molecule has 0 saturated heterocycles. The van der Waals surface area contributed by atoms with Crippen LogP contribution in [0.4, 0.5) is 0 Å². The molecule has 120 valence electrons. The molecule has 3 aromatic carbocycles. The van der Waals surface area contributed by atoms with Crippen LogP contribution >= 0.6 is 11.8 Å². The number of carbonyl (C=O) groups is 1. The summed E-state index contributed by atoms with van der Waals surface area (Å²) in [6.07, 6.45) is 0. The van der Waals surface area contributed by atoms with E-state index in [0.717, 1.165) is 28.0 Å². The fraction of sp³-hybridized carbons (Fsp3) is 0.136. The van der Waals surface area contributed by atoms with Gasteiger partial charge in [0, 0.05) is 21.8 Å². The van der Waals surface area contributed by atoms with Crippen molar-refractivity contribution in [1.29, 1.82) is 0 Å². The topological polar surface area (TPSA) is 17.1 Å². The average molecular weight is 332 g/mol. The van der Waals surface area contributed by atoms with E-state index in [1.54, 1.807) is 11.8 Å². The third-order valence-corrected chi connectivity index (χ3v) is 5.13. The highest BCUT2D eigenvalue weighted by Gasteiger charge is 2.15. The highest BCUT2D eigenvalue weighted by Crippen LogP contribution is 2.28. The molecule has 0 aromatic heterocycles. The molecule has 0 aliphatic rings. The summed E-state index contributed by atoms with van der Waals surface area (Å²) in [5, 5.41) is 0. The van der Waals surface area contributed by atoms with Gasteiger partial charge in [0.2, 0.25) is 0 Å². The number of aryl methyl sites for hydroxylation is 2. The number of carbonyl (C=O) groups excluding carboxylic acids is 1. The normalized spacial score (nSPS) is 10.6. The van der Waals surface area contributed by atoms with Crippen LogP contribution in [-0.4, -0.2) is 5.78 Å². The molecule has 0 unspecified atom stereocenters. The Balaban J connectivity index is 1.87. The van der Waals surface area contributed by atoms with Crippen molar-refractivity contribution in [2.24, 2.45) is 0 Å². The van der Waals surface area contributed by atoms with Gasteiger partial charge in [0.15, 0.2) is 5.78 Å². The second-order valence-electron chi connectivity index (χ2n) is 5.90. The third kappa shape index (κ3) is 3.77. The fourth-order valence-electron chi connectivity index (χ4n) is 2.64. The van der Waals surface area contributed by atoms with E-state index in [2.05, 4.69) is 44.2 Å². The Hall–Kier alpha value is -2.32. The molecule has 0 atom stereocenters. The predicted octanol–water partition coefficient (Wildman–Crippen LogP) is 5.83. The molecule has 0 bridgehead atoms. The summed E-state index contributed by atoms with van der Waals surface area (Å²) < 4.78 is 0. The Labute approximate surface area is 147 Å². The van der Waals surface area contributed by atoms with E-state index in [9.17, 15) is 4.79 Å². The number of ketones is 1. The van der Waals surface area contributed by atoms with Gasteiger partial charge in [0.25, 0.3) is 0 Å². The summed E-state index contributed by atoms with van der Waals surface area (Å²) in [6, 6.07) is 24.0. The summed E-state index contributed by atoms with van der Waals surface area (Å²) in [4.78, 5) is 14.1. The van der Waals surface area contributed by atoms with E-state index in [4.69, 9.17) is 0 Å². The summed E-state index contributed by atoms with van der Waals surface area (Å²) in [7, 11) is 0. The zero-order chi connectivity index (χ0) is 16.9. The molecule has 3 rings (SSSR count). The van der Waals surface area contributed by atoms with Gasteiger partial charge in [-0.05, 0) is 37.1 Å². The van der Waals surface area contributed by atoms with E-state index >= 15 is 0 Å². The van der Waals surface area contributed by atoms with Crippen molar-refractivity contribution < 1.29 is 4.79 Å². The number of thioether (sulfide) groups is 1. The zero-order valence-corrected chi connectivity index (χ0v) is 14.8. The number of rotatable bonds is 5. The highest BCUT2D eigenvalue weighted by atomic mass is 32.2. The van der Waals surface area contributed by atoms with E-state index in [-0.39, 0.29) is 5.78 Å². The molecular formula is C22H20OS. The van der Waals surface area contributed by atoms with Crippen LogP contribution in [0.5, 0.6) is 0 Å². The summed E-state index contributed by atoms with van der Waals surface area (Å²) in [5.41, 5.74) is 5.09. The monoisotopic (exact) mass is 332 g/mol. The lowest BCUT2D eigenvalue weighted by Crippen LogP contribution is -2.06. The van der Waals surface area contributed by atoms with Gasteiger partial charge in [-0.25, -0.2) is 0 Å². The third-order valence-electron chi connectivity index (χ3n) is 4.10. The Morgan fingerprint density at radius 2 is 1.54 bits per heavy atom. The van der Waals surface area contributed by atoms with E-state index < -0.39 is 0 Å². The standard InChI is InChI=1S/C22H20OS/c1-16-11-13-19(14-12-16)24-15-21-17(2)7-6-10-20(21)22(23)18-8-4-3-5-9-18/h3-14H,15H2,1-2H3. The lowest BCUT2D eigenvalue weighted by atomic mass is 9.96. The van der Waals surface area contributed by atoms with Gasteiger partial charge in [-0.3, -0.25) is 4.79 Å². The molecule has 0 aliphatic heterocycles. The lowest BCUT2D eigenvalue weighted by Gasteiger charge is -2.12. The summed E-state index contributed by atoms with van der Waals surface area (Å²) >= 11 is 1.77. The van der Waals surface area contributed by atoms with Crippen LogP contribution in [-0.2, 0) is 5.75 Å². The zero-order valence-electron chi connectivity index (χ0n) is 14.0. The molecule has 3 aromatic rings. The Kier molecular flexibility index (Phi) is 5.17. The van der Waals surface area contributed by atoms with Gasteiger partial charge >= 0.3 is 0 Å². The van der Waals surface area contributed by atoms with Crippen molar-refractivity contribution in [2.75, 3.05) is 0 Å². The molecule has 2 heteroatoms. The van der Waals surface area contributed by atoms with Crippen LogP contribution in [0.15, 0.2) is 77.7 Å². The van der Waals surface area contributed by atoms with Crippen LogP contribution in [0, 0.1) is 13.8 Å². The number of hydrogen-bond acceptors (Lipinski definition) is 2. The molecule has 0 heterocycles. The maximum absolute atomic E-state index is 12.9. The molecule has 0 saturated carbocycles. The van der Waals surface area contributed by atoms with Crippen molar-refractivity contribution in [2.45, 2.75) is 24.5 Å². The van der Waals surface area contributed by atoms with E-state index in [0.29, 0.717) is 0 Å². The molecule has 24 heavy (non-hydrogen) atoms. The van der Waals surface area contributed by atoms with Crippen molar-refractivity contribution >= 4 is 17.5 Å². The van der Waals surface area contributed by atoms with Crippen LogP contribution in [0.2, 0.25) is 0 Å². The Morgan fingerprint density at radius 1 is 0.833 bits per heavy atom. The summed E-state index contributed by atoms with van der Waals surface area (Å²) in [6.45, 7) is 4.17. The first kappa shape index (κ1) is 16.5. The van der Waals surface area contributed by atoms with Crippen LogP contribution in [0.3, 0.4) is 0 Å². The van der Waals surface area contributed by atoms with Crippen molar-refractivity contribution in [1.82, 2.24) is 0 Å². The Morgan fingerprint density at radius 3 is 2.25 bits per heavy atom. The van der Waals surface area contributed by atoms with E-state index in [1.807, 2.05) is 42.5 Å². The maximum Gasteiger partial charge on any atom is 0.193 e. The van der Waals surface area contributed by atoms with Crippen molar-refractivity contribution in [3.8, 4) is 0 Å². The largest absolute Gasteiger partial charge is 0.289 e. The van der Waals surface area contributed by atoms with Crippen LogP contribution < -0.4 is 0 Å². The minimum Gasteiger partial charge on any atom is -0.289 e.